The molecular weight excluding hydrogens is 992 g/mol. The molecule has 8 nitrogen and oxygen atoms in total. The molecule has 0 unspecified atom stereocenters. The first-order valence-corrected chi connectivity index (χ1v) is 36.6. The van der Waals surface area contributed by atoms with Gasteiger partial charge in [0.2, 0.25) is 0 Å². The van der Waals surface area contributed by atoms with E-state index in [1.54, 1.807) is 94.1 Å². The molecule has 298 valence electrons. The summed E-state index contributed by atoms with van der Waals surface area (Å²) in [7, 11) is 0. The van der Waals surface area contributed by atoms with E-state index in [2.05, 4.69) is 114 Å². The van der Waals surface area contributed by atoms with Crippen LogP contribution < -0.4 is 11.0 Å². The van der Waals surface area contributed by atoms with Gasteiger partial charge in [0.05, 0.1) is 0 Å². The van der Waals surface area contributed by atoms with Crippen molar-refractivity contribution in [3.8, 4) is 0 Å². The molecule has 2 aromatic heterocycles. The first-order valence-electron chi connectivity index (χ1n) is 18.6. The Morgan fingerprint density at radius 3 is 0.915 bits per heavy atom. The van der Waals surface area contributed by atoms with Gasteiger partial charge in [-0.05, 0) is 0 Å². The van der Waals surface area contributed by atoms with Gasteiger partial charge < -0.3 is 0 Å². The molecule has 4 aliphatic rings. The van der Waals surface area contributed by atoms with Crippen LogP contribution in [0.5, 0.6) is 0 Å². The number of fused-ring (bicyclic) bond motifs is 14. The van der Waals surface area contributed by atoms with Crippen molar-refractivity contribution in [3.63, 3.8) is 0 Å². The molecule has 6 aromatic rings. The van der Waals surface area contributed by atoms with E-state index in [1.165, 1.54) is 0 Å². The van der Waals surface area contributed by atoms with Crippen LogP contribution in [0.25, 0.3) is 21.5 Å². The molecule has 6 bridgehead atoms. The maximum atomic E-state index is 5.81. The van der Waals surface area contributed by atoms with Gasteiger partial charge in [-0.2, -0.15) is 0 Å². The van der Waals surface area contributed by atoms with E-state index >= 15 is 0 Å². The molecule has 0 N–H and O–H groups in total. The normalized spacial score (nSPS) is 15.6. The van der Waals surface area contributed by atoms with Crippen LogP contribution in [0, 0.1) is 0 Å². The summed E-state index contributed by atoms with van der Waals surface area (Å²) in [5.41, 5.74) is 5.95. The van der Waals surface area contributed by atoms with Crippen LogP contribution in [-0.4, -0.2) is 97.9 Å². The number of nitrogens with zero attached hydrogens (tertiary/aromatic N) is 8. The van der Waals surface area contributed by atoms with Crippen LogP contribution in [0.3, 0.4) is 0 Å². The third-order valence-electron chi connectivity index (χ3n) is 11.3. The second-order valence-corrected chi connectivity index (χ2v) is 32.2. The first kappa shape index (κ1) is 40.9. The van der Waals surface area contributed by atoms with Gasteiger partial charge in [0, 0.05) is 0 Å². The number of benzene rings is 4. The summed E-state index contributed by atoms with van der Waals surface area (Å²) in [6.07, 6.45) is 17.2. The topological polar surface area (TPSA) is 84.0 Å². The van der Waals surface area contributed by atoms with Crippen LogP contribution in [-0.2, 0) is 0 Å². The molecule has 6 heterocycles. The summed E-state index contributed by atoms with van der Waals surface area (Å²) in [6, 6.07) is 17.9. The van der Waals surface area contributed by atoms with Crippen molar-refractivity contribution in [1.82, 2.24) is 5.58 Å². The van der Waals surface area contributed by atoms with E-state index < -0.39 is 18.9 Å². The quantitative estimate of drug-likeness (QED) is 0.110. The van der Waals surface area contributed by atoms with Gasteiger partial charge in [-0.25, -0.2) is 0 Å². The molecule has 0 atom stereocenters. The van der Waals surface area contributed by atoms with Crippen molar-refractivity contribution < 1.29 is 0 Å². The summed E-state index contributed by atoms with van der Waals surface area (Å²) in [6.45, 7) is 0. The van der Waals surface area contributed by atoms with Crippen molar-refractivity contribution in [3.05, 3.63) is 81.8 Å². The Morgan fingerprint density at radius 1 is 0.339 bits per heavy atom. The number of hydrogen-bond acceptors (Lipinski definition) is 14. The van der Waals surface area contributed by atoms with Crippen molar-refractivity contribution >= 4 is 170 Å². The Balaban J connectivity index is 1.57. The maximum absolute atomic E-state index is 5.81. The molecule has 0 saturated carbocycles. The number of aliphatic imine (C=N–C) groups is 4. The van der Waals surface area contributed by atoms with Gasteiger partial charge in [-0.15, -0.1) is 0 Å². The zero-order valence-corrected chi connectivity index (χ0v) is 43.3. The third kappa shape index (κ3) is 5.89. The Labute approximate surface area is 382 Å². The van der Waals surface area contributed by atoms with E-state index in [0.717, 1.165) is 106 Å². The Bertz CT molecular complexity index is 2940. The van der Waals surface area contributed by atoms with Gasteiger partial charge in [0.25, 0.3) is 0 Å². The molecule has 0 fully saturated rings. The van der Waals surface area contributed by atoms with Gasteiger partial charge in [0.1, 0.15) is 0 Å². The van der Waals surface area contributed by atoms with Crippen LogP contribution in [0.2, 0.25) is 9.88 Å². The minimum absolute atomic E-state index is 0.694. The second-order valence-electron chi connectivity index (χ2n) is 14.3. The van der Waals surface area contributed by atoms with Crippen molar-refractivity contribution in [2.24, 2.45) is 30.0 Å². The minimum atomic E-state index is -4.22. The zero-order chi connectivity index (χ0) is 41.1. The molecule has 0 saturated heterocycles. The van der Waals surface area contributed by atoms with Crippen molar-refractivity contribution in [2.45, 2.75) is 49.0 Å². The van der Waals surface area contributed by atoms with Gasteiger partial charge in [-0.1, -0.05) is 0 Å². The standard InChI is InChI=1S/C40H32N8S8.2CH3.Sn/c1-49-17-9-10-18(50-2)26-25(17)33-41-34(26)46-36-29-21(53-5)13-14-22(54-6)30(29)38(43-36)48-40-32-24(56-8)16-15-23(55-7)31(32)39(44-40)47-37-28-20(52-4)12-11-19(51-3)27(28)35(42-37)45-33;;;/h9-16H,1-8H3;2*1H3;/q-2;;;+2. The molecule has 10 rings (SSSR count). The fourth-order valence-corrected chi connectivity index (χ4v) is 21.9. The van der Waals surface area contributed by atoms with Gasteiger partial charge in [0.15, 0.2) is 0 Å². The summed E-state index contributed by atoms with van der Waals surface area (Å²) in [4.78, 5) is 48.3. The first-order chi connectivity index (χ1) is 28.7. The summed E-state index contributed by atoms with van der Waals surface area (Å²) >= 11 is 9.71. The average molecular weight is 1030 g/mol. The second kappa shape index (κ2) is 15.6. The zero-order valence-electron chi connectivity index (χ0n) is 34.0. The van der Waals surface area contributed by atoms with E-state index in [1.807, 2.05) is 0 Å². The predicted molar refractivity (Wildman–Crippen MR) is 267 cm³/mol. The molecule has 4 aromatic carbocycles. The molecule has 0 aliphatic carbocycles. The van der Waals surface area contributed by atoms with Gasteiger partial charge in [-0.3, -0.25) is 0 Å². The van der Waals surface area contributed by atoms with Crippen LogP contribution in [0.4, 0.5) is 11.6 Å². The number of aromatic nitrogens is 2. The van der Waals surface area contributed by atoms with Crippen LogP contribution in [0.15, 0.2) is 118 Å². The fourth-order valence-electron chi connectivity index (χ4n) is 8.75. The van der Waals surface area contributed by atoms with E-state index in [9.17, 15) is 0 Å². The van der Waals surface area contributed by atoms with E-state index in [-0.39, 0.29) is 0 Å². The summed E-state index contributed by atoms with van der Waals surface area (Å²) < 4.78 is 5.11. The van der Waals surface area contributed by atoms with Crippen LogP contribution in [0.1, 0.15) is 22.3 Å². The number of rotatable bonds is 8. The fraction of sp³-hybridized carbons (Fsp3) is 0.238. The molecule has 0 spiro atoms. The molecule has 17 heteroatoms. The number of amidine groups is 4. The number of hydrogen-bond donors (Lipinski definition) is 0. The Kier molecular flexibility index (Phi) is 10.8. The molecule has 0 amide bonds. The van der Waals surface area contributed by atoms with Crippen LogP contribution >= 0.6 is 94.1 Å². The SMILES string of the molecule is CSc1ccc(SC)c2c1C1=NC2=Nc2c3c(SC)ccc(SC)c3c3[n]2[Sn]([CH3])([CH3])[n]2c(c4c(SC)ccc(SC)c4c2=NC2=NC(=N3)c3c(SC)ccc(SC)c32)=N1. The van der Waals surface area contributed by atoms with Gasteiger partial charge >= 0.3 is 386 Å². The summed E-state index contributed by atoms with van der Waals surface area (Å²) in [5.74, 6) is 4.56. The average Bonchev–Trinajstić information content (AvgIpc) is 3.99. The molecule has 4 aliphatic heterocycles. The third-order valence-corrected chi connectivity index (χ3v) is 26.2. The van der Waals surface area contributed by atoms with E-state index in [4.69, 9.17) is 30.0 Å². The van der Waals surface area contributed by atoms with Crippen molar-refractivity contribution in [2.75, 3.05) is 50.0 Å². The number of thioether (sulfide) groups is 8. The van der Waals surface area contributed by atoms with E-state index in [0.29, 0.717) is 23.3 Å². The predicted octanol–water partition coefficient (Wildman–Crippen LogP) is 11.4. The Morgan fingerprint density at radius 2 is 0.610 bits per heavy atom. The molecule has 59 heavy (non-hydrogen) atoms. The monoisotopic (exact) mass is 1030 g/mol. The summed E-state index contributed by atoms with van der Waals surface area (Å²) in [5, 5.41) is 4.41. The van der Waals surface area contributed by atoms with Crippen molar-refractivity contribution in [1.29, 1.82) is 0 Å². The Hall–Kier alpha value is -2.16. The molecule has 0 radical (unpaired) electrons. The molecular formula is C42H38N8S8Sn.